The largest absolute Gasteiger partial charge is 0.370 e. The molecule has 1 aromatic carbocycles. The van der Waals surface area contributed by atoms with Gasteiger partial charge >= 0.3 is 0 Å². The molecule has 5 heteroatoms. The molecule has 0 heterocycles. The minimum atomic E-state index is -0.173. The Hall–Kier alpha value is -2.04. The highest BCUT2D eigenvalue weighted by Crippen LogP contribution is 2.03. The van der Waals surface area contributed by atoms with Crippen LogP contribution in [0.15, 0.2) is 35.3 Å². The quantitative estimate of drug-likeness (QED) is 0.487. The second-order valence-electron chi connectivity index (χ2n) is 2.87. The predicted molar refractivity (Wildman–Crippen MR) is 60.6 cm³/mol. The number of anilines is 1. The van der Waals surface area contributed by atoms with Gasteiger partial charge in [-0.25, -0.2) is 4.99 Å². The predicted octanol–water partition coefficient (Wildman–Crippen LogP) is 0.159. The third-order valence-corrected chi connectivity index (χ3v) is 1.72. The molecule has 1 amide bonds. The molecule has 0 saturated heterocycles. The Morgan fingerprint density at radius 1 is 1.40 bits per heavy atom. The first-order valence-electron chi connectivity index (χ1n) is 4.55. The Balaban J connectivity index is 2.48. The fourth-order valence-electron chi connectivity index (χ4n) is 0.945. The molecule has 4 N–H and O–H groups in total. The summed E-state index contributed by atoms with van der Waals surface area (Å²) in [5.41, 5.74) is 6.41. The van der Waals surface area contributed by atoms with E-state index in [9.17, 15) is 4.79 Å². The van der Waals surface area contributed by atoms with Gasteiger partial charge in [0.2, 0.25) is 5.91 Å². The highest BCUT2D eigenvalue weighted by molar-refractivity contribution is 5.93. The zero-order valence-electron chi connectivity index (χ0n) is 8.53. The van der Waals surface area contributed by atoms with Gasteiger partial charge < -0.3 is 16.4 Å². The molecule has 15 heavy (non-hydrogen) atoms. The van der Waals surface area contributed by atoms with E-state index in [0.29, 0.717) is 0 Å². The van der Waals surface area contributed by atoms with Crippen LogP contribution in [0.2, 0.25) is 0 Å². The molecule has 0 bridgehead atoms. The van der Waals surface area contributed by atoms with Crippen LogP contribution in [-0.4, -0.2) is 25.5 Å². The lowest BCUT2D eigenvalue weighted by Crippen LogP contribution is -2.27. The second kappa shape index (κ2) is 5.64. The lowest BCUT2D eigenvalue weighted by atomic mass is 10.3. The van der Waals surface area contributed by atoms with Crippen LogP contribution in [0.1, 0.15) is 0 Å². The number of nitrogens with zero attached hydrogens (tertiary/aromatic N) is 1. The number of aliphatic imine (C=N–C) groups is 1. The molecule has 0 spiro atoms. The first-order chi connectivity index (χ1) is 7.22. The van der Waals surface area contributed by atoms with Crippen LogP contribution in [0.3, 0.4) is 0 Å². The fourth-order valence-corrected chi connectivity index (χ4v) is 0.945. The fraction of sp³-hybridized carbons (Fsp3) is 0.200. The monoisotopic (exact) mass is 206 g/mol. The summed E-state index contributed by atoms with van der Waals surface area (Å²) in [5.74, 6) is 0.0533. The van der Waals surface area contributed by atoms with Crippen molar-refractivity contribution in [3.8, 4) is 0 Å². The number of carbonyl (C=O) groups is 1. The number of nitrogens with one attached hydrogen (secondary N) is 2. The molecular weight excluding hydrogens is 192 g/mol. The molecule has 1 rings (SSSR count). The topological polar surface area (TPSA) is 79.5 Å². The van der Waals surface area contributed by atoms with Crippen molar-refractivity contribution in [2.24, 2.45) is 10.7 Å². The van der Waals surface area contributed by atoms with E-state index in [1.165, 1.54) is 0 Å². The minimum Gasteiger partial charge on any atom is -0.370 e. The summed E-state index contributed by atoms with van der Waals surface area (Å²) in [6.07, 6.45) is 0. The third kappa shape index (κ3) is 4.12. The number of carbonyl (C=O) groups excluding carboxylic acids is 1. The summed E-state index contributed by atoms with van der Waals surface area (Å²) in [6.45, 7) is 0.0299. The van der Waals surface area contributed by atoms with Crippen LogP contribution in [0, 0.1) is 0 Å². The maximum Gasteiger partial charge on any atom is 0.241 e. The van der Waals surface area contributed by atoms with E-state index in [1.807, 2.05) is 30.3 Å². The first kappa shape index (κ1) is 11.0. The van der Waals surface area contributed by atoms with E-state index in [2.05, 4.69) is 15.6 Å². The number of nitrogens with two attached hydrogens (primary N) is 1. The van der Waals surface area contributed by atoms with Crippen molar-refractivity contribution < 1.29 is 4.79 Å². The number of para-hydroxylation sites is 1. The van der Waals surface area contributed by atoms with Crippen molar-refractivity contribution in [2.75, 3.05) is 18.9 Å². The number of likely N-dealkylation sites (N-methyl/N-ethyl adjacent to an activating group) is 1. The molecule has 5 nitrogen and oxygen atoms in total. The van der Waals surface area contributed by atoms with Gasteiger partial charge in [-0.15, -0.1) is 0 Å². The number of amides is 1. The molecule has 0 aliphatic heterocycles. The molecule has 0 aliphatic carbocycles. The summed E-state index contributed by atoms with van der Waals surface area (Å²) in [4.78, 5) is 14.7. The van der Waals surface area contributed by atoms with Crippen LogP contribution in [0.25, 0.3) is 0 Å². The van der Waals surface area contributed by atoms with Gasteiger partial charge in [-0.05, 0) is 12.1 Å². The molecule has 0 radical (unpaired) electrons. The average Bonchev–Trinajstić information content (AvgIpc) is 2.27. The highest BCUT2D eigenvalue weighted by atomic mass is 16.1. The number of hydrogen-bond donors (Lipinski definition) is 3. The van der Waals surface area contributed by atoms with Crippen molar-refractivity contribution in [1.29, 1.82) is 0 Å². The van der Waals surface area contributed by atoms with Crippen LogP contribution in [-0.2, 0) is 4.79 Å². The Bertz CT molecular complexity index is 348. The van der Waals surface area contributed by atoms with Gasteiger partial charge in [0.1, 0.15) is 6.54 Å². The molecule has 0 saturated carbocycles. The molecule has 0 atom stereocenters. The van der Waals surface area contributed by atoms with Gasteiger partial charge in [0.15, 0.2) is 5.96 Å². The van der Waals surface area contributed by atoms with E-state index in [4.69, 9.17) is 5.73 Å². The van der Waals surface area contributed by atoms with Crippen LogP contribution >= 0.6 is 0 Å². The maximum atomic E-state index is 10.9. The standard InChI is InChI=1S/C10H14N4O/c1-12-9(15)7-13-10(11)14-8-5-3-2-4-6-8/h2-6H,7H2,1H3,(H,12,15)(H3,11,13,14). The summed E-state index contributed by atoms with van der Waals surface area (Å²) >= 11 is 0. The molecule has 0 aromatic heterocycles. The van der Waals surface area contributed by atoms with E-state index in [-0.39, 0.29) is 18.4 Å². The maximum absolute atomic E-state index is 10.9. The SMILES string of the molecule is CNC(=O)CN=C(N)Nc1ccccc1. The van der Waals surface area contributed by atoms with Crippen molar-refractivity contribution in [1.82, 2.24) is 5.32 Å². The molecule has 80 valence electrons. The van der Waals surface area contributed by atoms with Crippen molar-refractivity contribution >= 4 is 17.6 Å². The van der Waals surface area contributed by atoms with Gasteiger partial charge in [0.25, 0.3) is 0 Å². The third-order valence-electron chi connectivity index (χ3n) is 1.72. The summed E-state index contributed by atoms with van der Waals surface area (Å²) in [7, 11) is 1.55. The van der Waals surface area contributed by atoms with Gasteiger partial charge in [-0.3, -0.25) is 4.79 Å². The number of rotatable bonds is 3. The van der Waals surface area contributed by atoms with Gasteiger partial charge in [-0.1, -0.05) is 18.2 Å². The van der Waals surface area contributed by atoms with E-state index < -0.39 is 0 Å². The lowest BCUT2D eigenvalue weighted by Gasteiger charge is -2.04. The van der Waals surface area contributed by atoms with Gasteiger partial charge in [0.05, 0.1) is 0 Å². The number of guanidine groups is 1. The molecular formula is C10H14N4O. The lowest BCUT2D eigenvalue weighted by molar-refractivity contribution is -0.119. The normalized spacial score (nSPS) is 10.9. The van der Waals surface area contributed by atoms with E-state index in [1.54, 1.807) is 7.05 Å². The second-order valence-corrected chi connectivity index (χ2v) is 2.87. The van der Waals surface area contributed by atoms with Crippen LogP contribution in [0.4, 0.5) is 5.69 Å². The number of hydrogen-bond acceptors (Lipinski definition) is 2. The van der Waals surface area contributed by atoms with Gasteiger partial charge in [0, 0.05) is 12.7 Å². The molecule has 0 unspecified atom stereocenters. The van der Waals surface area contributed by atoms with Crippen molar-refractivity contribution in [3.63, 3.8) is 0 Å². The summed E-state index contributed by atoms with van der Waals surface area (Å²) in [6, 6.07) is 9.40. The van der Waals surface area contributed by atoms with E-state index in [0.717, 1.165) is 5.69 Å². The van der Waals surface area contributed by atoms with Gasteiger partial charge in [-0.2, -0.15) is 0 Å². The Morgan fingerprint density at radius 2 is 2.07 bits per heavy atom. The Morgan fingerprint density at radius 3 is 2.67 bits per heavy atom. The zero-order chi connectivity index (χ0) is 11.1. The van der Waals surface area contributed by atoms with Crippen LogP contribution < -0.4 is 16.4 Å². The molecule has 0 aliphatic rings. The zero-order valence-corrected chi connectivity index (χ0v) is 8.53. The number of benzene rings is 1. The molecule has 1 aromatic rings. The molecule has 0 fully saturated rings. The van der Waals surface area contributed by atoms with E-state index >= 15 is 0 Å². The van der Waals surface area contributed by atoms with Crippen LogP contribution in [0.5, 0.6) is 0 Å². The van der Waals surface area contributed by atoms with Crippen molar-refractivity contribution in [2.45, 2.75) is 0 Å². The Kier molecular flexibility index (Phi) is 4.15. The smallest absolute Gasteiger partial charge is 0.241 e. The Labute approximate surface area is 88.4 Å². The minimum absolute atomic E-state index is 0.0299. The highest BCUT2D eigenvalue weighted by Gasteiger charge is 1.96. The van der Waals surface area contributed by atoms with Crippen molar-refractivity contribution in [3.05, 3.63) is 30.3 Å². The summed E-state index contributed by atoms with van der Waals surface area (Å²) < 4.78 is 0. The average molecular weight is 206 g/mol. The summed E-state index contributed by atoms with van der Waals surface area (Å²) in [5, 5.41) is 5.32. The first-order valence-corrected chi connectivity index (χ1v) is 4.55.